The SMILES string of the molecule is c1ccc(-c2nc(-c3ccc(-c4ccc5c(c4)C4(c6ccccc6S5)c5ccccc5-c5ccccc54)cc3)nc(-c3cccc4ccccc34)n2)cc1. The first-order valence-corrected chi connectivity index (χ1v) is 19.1. The highest BCUT2D eigenvalue weighted by molar-refractivity contribution is 7.99. The topological polar surface area (TPSA) is 38.7 Å². The molecule has 8 aromatic carbocycles. The zero-order valence-corrected chi connectivity index (χ0v) is 30.0. The molecule has 0 radical (unpaired) electrons. The lowest BCUT2D eigenvalue weighted by atomic mass is 9.67. The van der Waals surface area contributed by atoms with Crippen LogP contribution in [0.2, 0.25) is 0 Å². The summed E-state index contributed by atoms with van der Waals surface area (Å²) in [5.74, 6) is 1.96. The van der Waals surface area contributed by atoms with Gasteiger partial charge in [-0.1, -0.05) is 182 Å². The van der Waals surface area contributed by atoms with Crippen molar-refractivity contribution in [1.29, 1.82) is 0 Å². The normalized spacial score (nSPS) is 13.3. The van der Waals surface area contributed by atoms with Crippen LogP contribution in [0.4, 0.5) is 0 Å². The van der Waals surface area contributed by atoms with Crippen LogP contribution in [0.25, 0.3) is 67.2 Å². The minimum atomic E-state index is -0.406. The number of fused-ring (bicyclic) bond motifs is 10. The van der Waals surface area contributed by atoms with Gasteiger partial charge >= 0.3 is 0 Å². The second-order valence-corrected chi connectivity index (χ2v) is 15.0. The van der Waals surface area contributed by atoms with Gasteiger partial charge in [-0.05, 0) is 73.5 Å². The Morgan fingerprint density at radius 2 is 0.852 bits per heavy atom. The summed E-state index contributed by atoms with van der Waals surface area (Å²) < 4.78 is 0. The maximum absolute atomic E-state index is 5.10. The second-order valence-electron chi connectivity index (χ2n) is 13.9. The minimum Gasteiger partial charge on any atom is -0.208 e. The molecule has 0 saturated heterocycles. The van der Waals surface area contributed by atoms with E-state index in [1.165, 1.54) is 48.7 Å². The van der Waals surface area contributed by atoms with E-state index in [4.69, 9.17) is 15.0 Å². The van der Waals surface area contributed by atoms with Crippen LogP contribution >= 0.6 is 11.8 Å². The van der Waals surface area contributed by atoms with Gasteiger partial charge in [-0.2, -0.15) is 0 Å². The van der Waals surface area contributed by atoms with Crippen LogP contribution < -0.4 is 0 Å². The summed E-state index contributed by atoms with van der Waals surface area (Å²) in [6, 6.07) is 67.4. The van der Waals surface area contributed by atoms with Crippen molar-refractivity contribution < 1.29 is 0 Å². The standard InChI is InChI=1S/C50H31N3S/c1-2-14-34(15-3-1)47-51-48(53-49(52-47)40-20-12-16-33-13-4-5-17-37(33)40)35-27-25-32(26-28-35)36-29-30-46-44(31-36)50(43-23-10-11-24-45(43)54-46)41-21-8-6-18-38(41)39-19-7-9-22-42(39)50/h1-31H. The highest BCUT2D eigenvalue weighted by Crippen LogP contribution is 2.62. The number of rotatable bonds is 4. The first-order chi connectivity index (χ1) is 26.8. The monoisotopic (exact) mass is 705 g/mol. The summed E-state index contributed by atoms with van der Waals surface area (Å²) in [5, 5.41) is 2.27. The van der Waals surface area contributed by atoms with Crippen molar-refractivity contribution in [2.24, 2.45) is 0 Å². The third-order valence-corrected chi connectivity index (χ3v) is 12.2. The summed E-state index contributed by atoms with van der Waals surface area (Å²) in [7, 11) is 0. The van der Waals surface area contributed by atoms with Crippen molar-refractivity contribution in [2.45, 2.75) is 15.2 Å². The second kappa shape index (κ2) is 12.2. The Labute approximate surface area is 318 Å². The number of hydrogen-bond acceptors (Lipinski definition) is 4. The molecule has 54 heavy (non-hydrogen) atoms. The zero-order valence-electron chi connectivity index (χ0n) is 29.1. The van der Waals surface area contributed by atoms with E-state index in [1.54, 1.807) is 0 Å². The van der Waals surface area contributed by atoms with Crippen LogP contribution in [0.15, 0.2) is 198 Å². The number of nitrogens with zero attached hydrogens (tertiary/aromatic N) is 3. The third kappa shape index (κ3) is 4.67. The minimum absolute atomic E-state index is 0.406. The summed E-state index contributed by atoms with van der Waals surface area (Å²) in [6.07, 6.45) is 0. The van der Waals surface area contributed by atoms with Crippen LogP contribution in [-0.4, -0.2) is 15.0 Å². The zero-order chi connectivity index (χ0) is 35.6. The Bertz CT molecular complexity index is 2870. The molecular formula is C50H31N3S. The lowest BCUT2D eigenvalue weighted by molar-refractivity contribution is 0.723. The molecular weight excluding hydrogens is 675 g/mol. The molecule has 2 aliphatic rings. The third-order valence-electron chi connectivity index (χ3n) is 11.0. The smallest absolute Gasteiger partial charge is 0.164 e. The Morgan fingerprint density at radius 3 is 1.61 bits per heavy atom. The molecule has 1 aromatic heterocycles. The summed E-state index contributed by atoms with van der Waals surface area (Å²) in [5.41, 5.74) is 12.8. The van der Waals surface area contributed by atoms with Gasteiger partial charge in [-0.15, -0.1) is 0 Å². The van der Waals surface area contributed by atoms with E-state index >= 15 is 0 Å². The number of hydrogen-bond donors (Lipinski definition) is 0. The molecule has 0 N–H and O–H groups in total. The lowest BCUT2D eigenvalue weighted by Crippen LogP contribution is -2.32. The molecule has 1 spiro atoms. The Hall–Kier alpha value is -6.62. The van der Waals surface area contributed by atoms with Gasteiger partial charge in [0, 0.05) is 26.5 Å². The molecule has 0 atom stereocenters. The van der Waals surface area contributed by atoms with Gasteiger partial charge in [-0.25, -0.2) is 15.0 Å². The first kappa shape index (κ1) is 31.0. The lowest BCUT2D eigenvalue weighted by Gasteiger charge is -2.40. The molecule has 3 nitrogen and oxygen atoms in total. The fourth-order valence-electron chi connectivity index (χ4n) is 8.61. The van der Waals surface area contributed by atoms with E-state index < -0.39 is 5.41 Å². The van der Waals surface area contributed by atoms with Crippen molar-refractivity contribution >= 4 is 22.5 Å². The van der Waals surface area contributed by atoms with Gasteiger partial charge in [0.15, 0.2) is 17.5 Å². The van der Waals surface area contributed by atoms with Crippen molar-refractivity contribution in [3.63, 3.8) is 0 Å². The molecule has 9 aromatic rings. The first-order valence-electron chi connectivity index (χ1n) is 18.3. The molecule has 0 bridgehead atoms. The summed E-state index contributed by atoms with van der Waals surface area (Å²) in [4.78, 5) is 17.7. The van der Waals surface area contributed by atoms with Crippen LogP contribution in [-0.2, 0) is 5.41 Å². The van der Waals surface area contributed by atoms with Gasteiger partial charge in [0.25, 0.3) is 0 Å². The highest BCUT2D eigenvalue weighted by Gasteiger charge is 2.50. The average Bonchev–Trinajstić information content (AvgIpc) is 3.54. The van der Waals surface area contributed by atoms with E-state index in [0.717, 1.165) is 33.0 Å². The molecule has 0 saturated carbocycles. The largest absolute Gasteiger partial charge is 0.208 e. The van der Waals surface area contributed by atoms with Crippen molar-refractivity contribution in [1.82, 2.24) is 15.0 Å². The molecule has 11 rings (SSSR count). The molecule has 0 fully saturated rings. The van der Waals surface area contributed by atoms with Crippen molar-refractivity contribution in [3.8, 4) is 56.4 Å². The number of benzene rings is 8. The van der Waals surface area contributed by atoms with Gasteiger partial charge in [0.1, 0.15) is 0 Å². The maximum Gasteiger partial charge on any atom is 0.164 e. The van der Waals surface area contributed by atoms with Crippen LogP contribution in [0.1, 0.15) is 22.3 Å². The van der Waals surface area contributed by atoms with Gasteiger partial charge in [0.05, 0.1) is 5.41 Å². The summed E-state index contributed by atoms with van der Waals surface area (Å²) in [6.45, 7) is 0. The van der Waals surface area contributed by atoms with Gasteiger partial charge in [0.2, 0.25) is 0 Å². The molecule has 2 heterocycles. The van der Waals surface area contributed by atoms with Crippen molar-refractivity contribution in [3.05, 3.63) is 210 Å². The van der Waals surface area contributed by atoms with Crippen LogP contribution in [0, 0.1) is 0 Å². The fraction of sp³-hybridized carbons (Fsp3) is 0.0200. The van der Waals surface area contributed by atoms with E-state index in [1.807, 2.05) is 30.0 Å². The van der Waals surface area contributed by atoms with E-state index in [2.05, 4.69) is 170 Å². The van der Waals surface area contributed by atoms with E-state index in [0.29, 0.717) is 17.5 Å². The fourth-order valence-corrected chi connectivity index (χ4v) is 9.78. The highest BCUT2D eigenvalue weighted by atomic mass is 32.2. The van der Waals surface area contributed by atoms with E-state index in [-0.39, 0.29) is 0 Å². The quantitative estimate of drug-likeness (QED) is 0.183. The summed E-state index contributed by atoms with van der Waals surface area (Å²) >= 11 is 1.87. The Balaban J connectivity index is 1.05. The van der Waals surface area contributed by atoms with Crippen molar-refractivity contribution in [2.75, 3.05) is 0 Å². The Kier molecular flexibility index (Phi) is 7.01. The van der Waals surface area contributed by atoms with E-state index in [9.17, 15) is 0 Å². The van der Waals surface area contributed by atoms with Gasteiger partial charge in [-0.3, -0.25) is 0 Å². The van der Waals surface area contributed by atoms with Crippen LogP contribution in [0.5, 0.6) is 0 Å². The predicted molar refractivity (Wildman–Crippen MR) is 221 cm³/mol. The number of aromatic nitrogens is 3. The maximum atomic E-state index is 5.10. The predicted octanol–water partition coefficient (Wildman–Crippen LogP) is 12.5. The van der Waals surface area contributed by atoms with Crippen LogP contribution in [0.3, 0.4) is 0 Å². The molecule has 1 aliphatic heterocycles. The average molecular weight is 706 g/mol. The van der Waals surface area contributed by atoms with Gasteiger partial charge < -0.3 is 0 Å². The molecule has 0 amide bonds. The Morgan fingerprint density at radius 1 is 0.333 bits per heavy atom. The molecule has 4 heteroatoms. The molecule has 252 valence electrons. The molecule has 1 aliphatic carbocycles. The molecule has 0 unspecified atom stereocenters.